The standard InChI is InChI=1S/C26H32N2O8/c1-28(2)6-5-21(29)27-24-15-10-18-17(35-12-36-18)9-14(15)22(23-16(24)11-34-26(23)31)13-7-19(32-3)25(30)20(8-13)33-4/h7-10,16,22-24,26,30-31H,5-6,11-12H2,1-4H3,(H,27,29). The first-order valence-corrected chi connectivity index (χ1v) is 11.9. The Balaban J connectivity index is 1.64. The van der Waals surface area contributed by atoms with Crippen LogP contribution >= 0.6 is 0 Å². The summed E-state index contributed by atoms with van der Waals surface area (Å²) in [5, 5.41) is 24.7. The maximum atomic E-state index is 12.9. The van der Waals surface area contributed by atoms with Gasteiger partial charge in [0, 0.05) is 30.7 Å². The Morgan fingerprint density at radius 1 is 1.08 bits per heavy atom. The lowest BCUT2D eigenvalue weighted by Crippen LogP contribution is -2.44. The molecule has 0 bridgehead atoms. The third-order valence-electron chi connectivity index (χ3n) is 7.31. The number of nitrogens with zero attached hydrogens (tertiary/aromatic N) is 1. The molecular formula is C26H32N2O8. The summed E-state index contributed by atoms with van der Waals surface area (Å²) in [6.07, 6.45) is -0.703. The zero-order valence-electron chi connectivity index (χ0n) is 20.8. The smallest absolute Gasteiger partial charge is 0.231 e. The van der Waals surface area contributed by atoms with Crippen LogP contribution in [0.1, 0.15) is 35.1 Å². The van der Waals surface area contributed by atoms with Crippen molar-refractivity contribution < 1.29 is 38.7 Å². The van der Waals surface area contributed by atoms with Crippen molar-refractivity contribution in [1.82, 2.24) is 10.2 Å². The van der Waals surface area contributed by atoms with Crippen molar-refractivity contribution in [2.24, 2.45) is 11.8 Å². The molecule has 10 nitrogen and oxygen atoms in total. The van der Waals surface area contributed by atoms with Crippen LogP contribution in [-0.4, -0.2) is 75.6 Å². The molecule has 3 N–H and O–H groups in total. The molecule has 3 aliphatic rings. The lowest BCUT2D eigenvalue weighted by molar-refractivity contribution is -0.122. The molecule has 194 valence electrons. The molecule has 36 heavy (non-hydrogen) atoms. The Labute approximate surface area is 209 Å². The Morgan fingerprint density at radius 3 is 2.33 bits per heavy atom. The van der Waals surface area contributed by atoms with E-state index in [2.05, 4.69) is 5.32 Å². The molecule has 1 aliphatic carbocycles. The lowest BCUT2D eigenvalue weighted by atomic mass is 9.65. The number of ether oxygens (including phenoxy) is 5. The van der Waals surface area contributed by atoms with E-state index in [4.69, 9.17) is 23.7 Å². The fraction of sp³-hybridized carbons (Fsp3) is 0.500. The Hall–Kier alpha value is -3.21. The van der Waals surface area contributed by atoms with Gasteiger partial charge in [-0.3, -0.25) is 4.79 Å². The molecule has 2 aliphatic heterocycles. The number of carbonyl (C=O) groups excluding carboxylic acids is 1. The maximum Gasteiger partial charge on any atom is 0.231 e. The Morgan fingerprint density at radius 2 is 1.72 bits per heavy atom. The number of rotatable bonds is 7. The van der Waals surface area contributed by atoms with E-state index in [9.17, 15) is 15.0 Å². The highest BCUT2D eigenvalue weighted by Crippen LogP contribution is 2.56. The van der Waals surface area contributed by atoms with Gasteiger partial charge in [-0.2, -0.15) is 0 Å². The molecule has 1 amide bonds. The molecule has 0 spiro atoms. The number of amides is 1. The number of aliphatic hydroxyl groups is 1. The number of nitrogens with one attached hydrogen (secondary N) is 1. The normalized spacial score (nSPS) is 25.9. The molecule has 2 aromatic carbocycles. The van der Waals surface area contributed by atoms with Gasteiger partial charge in [0.15, 0.2) is 29.3 Å². The number of methoxy groups -OCH3 is 2. The first-order chi connectivity index (χ1) is 17.3. The quantitative estimate of drug-likeness (QED) is 0.524. The molecule has 1 saturated heterocycles. The number of carbonyl (C=O) groups is 1. The Kier molecular flexibility index (Phi) is 6.59. The minimum absolute atomic E-state index is 0.0797. The molecule has 10 heteroatoms. The molecule has 2 heterocycles. The first kappa shape index (κ1) is 24.5. The maximum absolute atomic E-state index is 12.9. The third kappa shape index (κ3) is 4.19. The lowest BCUT2D eigenvalue weighted by Gasteiger charge is -2.41. The van der Waals surface area contributed by atoms with Crippen LogP contribution in [0.15, 0.2) is 24.3 Å². The highest BCUT2D eigenvalue weighted by atomic mass is 16.7. The van der Waals surface area contributed by atoms with Gasteiger partial charge in [-0.1, -0.05) is 0 Å². The molecule has 2 aromatic rings. The largest absolute Gasteiger partial charge is 0.502 e. The number of hydrogen-bond donors (Lipinski definition) is 3. The van der Waals surface area contributed by atoms with Gasteiger partial charge in [-0.15, -0.1) is 0 Å². The van der Waals surface area contributed by atoms with E-state index in [0.717, 1.165) is 16.7 Å². The predicted molar refractivity (Wildman–Crippen MR) is 129 cm³/mol. The molecule has 0 saturated carbocycles. The van der Waals surface area contributed by atoms with Gasteiger partial charge in [0.1, 0.15) is 0 Å². The minimum atomic E-state index is -1.05. The van der Waals surface area contributed by atoms with Crippen molar-refractivity contribution in [3.05, 3.63) is 41.0 Å². The van der Waals surface area contributed by atoms with E-state index in [-0.39, 0.29) is 60.4 Å². The molecular weight excluding hydrogens is 468 g/mol. The summed E-state index contributed by atoms with van der Waals surface area (Å²) in [5.41, 5.74) is 2.53. The van der Waals surface area contributed by atoms with Crippen LogP contribution in [0.2, 0.25) is 0 Å². The fourth-order valence-corrected chi connectivity index (χ4v) is 5.57. The van der Waals surface area contributed by atoms with Crippen molar-refractivity contribution in [3.63, 3.8) is 0 Å². The molecule has 5 atom stereocenters. The summed E-state index contributed by atoms with van der Waals surface area (Å²) in [5.74, 6) is 0.615. The van der Waals surface area contributed by atoms with E-state index in [1.165, 1.54) is 14.2 Å². The van der Waals surface area contributed by atoms with Gasteiger partial charge >= 0.3 is 0 Å². The fourth-order valence-electron chi connectivity index (χ4n) is 5.57. The van der Waals surface area contributed by atoms with Gasteiger partial charge in [0.25, 0.3) is 0 Å². The van der Waals surface area contributed by atoms with Crippen LogP contribution in [0.5, 0.6) is 28.7 Å². The molecule has 0 aromatic heterocycles. The summed E-state index contributed by atoms with van der Waals surface area (Å²) in [4.78, 5) is 14.9. The van der Waals surface area contributed by atoms with E-state index >= 15 is 0 Å². The van der Waals surface area contributed by atoms with Crippen LogP contribution in [0, 0.1) is 11.8 Å². The van der Waals surface area contributed by atoms with Crippen molar-refractivity contribution >= 4 is 5.91 Å². The molecule has 5 unspecified atom stereocenters. The summed E-state index contributed by atoms with van der Waals surface area (Å²) >= 11 is 0. The number of phenols is 1. The molecule has 1 fully saturated rings. The van der Waals surface area contributed by atoms with E-state index in [1.54, 1.807) is 12.1 Å². The number of fused-ring (bicyclic) bond motifs is 3. The number of aromatic hydroxyl groups is 1. The van der Waals surface area contributed by atoms with Crippen LogP contribution in [0.3, 0.4) is 0 Å². The van der Waals surface area contributed by atoms with Gasteiger partial charge in [-0.25, -0.2) is 0 Å². The summed E-state index contributed by atoms with van der Waals surface area (Å²) in [6.45, 7) is 1.01. The molecule has 0 radical (unpaired) electrons. The average Bonchev–Trinajstić information content (AvgIpc) is 3.48. The summed E-state index contributed by atoms with van der Waals surface area (Å²) in [7, 11) is 6.79. The number of benzene rings is 2. The predicted octanol–water partition coefficient (Wildman–Crippen LogP) is 1.97. The zero-order chi connectivity index (χ0) is 25.6. The second-order valence-corrected chi connectivity index (χ2v) is 9.65. The van der Waals surface area contributed by atoms with Crippen LogP contribution in [0.4, 0.5) is 0 Å². The Bertz CT molecular complexity index is 1130. The first-order valence-electron chi connectivity index (χ1n) is 11.9. The van der Waals surface area contributed by atoms with Gasteiger partial charge in [0.05, 0.1) is 26.9 Å². The van der Waals surface area contributed by atoms with Crippen molar-refractivity contribution in [2.75, 3.05) is 48.3 Å². The van der Waals surface area contributed by atoms with E-state index in [1.807, 2.05) is 31.1 Å². The van der Waals surface area contributed by atoms with Gasteiger partial charge < -0.3 is 44.1 Å². The highest BCUT2D eigenvalue weighted by Gasteiger charge is 2.52. The number of phenolic OH excluding ortho intramolecular Hbond substituents is 1. The van der Waals surface area contributed by atoms with Crippen LogP contribution in [-0.2, 0) is 9.53 Å². The topological polar surface area (TPSA) is 119 Å². The van der Waals surface area contributed by atoms with E-state index in [0.29, 0.717) is 24.5 Å². The minimum Gasteiger partial charge on any atom is -0.502 e. The van der Waals surface area contributed by atoms with Gasteiger partial charge in [0.2, 0.25) is 18.4 Å². The second kappa shape index (κ2) is 9.68. The number of hydrogen-bond acceptors (Lipinski definition) is 9. The van der Waals surface area contributed by atoms with Gasteiger partial charge in [-0.05, 0) is 55.1 Å². The van der Waals surface area contributed by atoms with Crippen LogP contribution in [0.25, 0.3) is 0 Å². The van der Waals surface area contributed by atoms with Crippen molar-refractivity contribution in [1.29, 1.82) is 0 Å². The average molecular weight is 501 g/mol. The molecule has 5 rings (SSSR count). The second-order valence-electron chi connectivity index (χ2n) is 9.65. The monoisotopic (exact) mass is 500 g/mol. The van der Waals surface area contributed by atoms with E-state index < -0.39 is 6.29 Å². The summed E-state index contributed by atoms with van der Waals surface area (Å²) in [6, 6.07) is 6.93. The highest BCUT2D eigenvalue weighted by molar-refractivity contribution is 5.77. The third-order valence-corrected chi connectivity index (χ3v) is 7.31. The van der Waals surface area contributed by atoms with Crippen LogP contribution < -0.4 is 24.3 Å². The summed E-state index contributed by atoms with van der Waals surface area (Å²) < 4.78 is 27.9. The van der Waals surface area contributed by atoms with Crippen molar-refractivity contribution in [3.8, 4) is 28.7 Å². The SMILES string of the molecule is COc1cc(C2c3cc4c(cc3C(NC(=O)CCN(C)C)C3COC(O)C23)OCO4)cc(OC)c1O. The number of aliphatic hydroxyl groups excluding tert-OH is 1. The van der Waals surface area contributed by atoms with Crippen molar-refractivity contribution in [2.45, 2.75) is 24.7 Å². The zero-order valence-corrected chi connectivity index (χ0v) is 20.8.